The van der Waals surface area contributed by atoms with Crippen LogP contribution >= 0.6 is 35.3 Å². The lowest BCUT2D eigenvalue weighted by atomic mass is 10.2. The molecule has 1 heterocycles. The molecule has 160 valence electrons. The summed E-state index contributed by atoms with van der Waals surface area (Å²) in [6, 6.07) is 7.38. The number of aliphatic imine (C=N–C) groups is 1. The molecule has 0 spiro atoms. The molecule has 0 atom stereocenters. The molecule has 0 fully saturated rings. The van der Waals surface area contributed by atoms with Gasteiger partial charge in [-0.05, 0) is 24.1 Å². The number of carbonyl (C=O) groups is 1. The zero-order valence-corrected chi connectivity index (χ0v) is 19.1. The molecule has 2 aromatic rings. The molecule has 0 bridgehead atoms. The lowest BCUT2D eigenvalue weighted by Gasteiger charge is -2.11. The van der Waals surface area contributed by atoms with E-state index < -0.39 is 11.9 Å². The summed E-state index contributed by atoms with van der Waals surface area (Å²) in [5.41, 5.74) is 0.808. The second kappa shape index (κ2) is 12.0. The number of thiazole rings is 1. The van der Waals surface area contributed by atoms with Gasteiger partial charge in [-0.3, -0.25) is 9.79 Å². The molecule has 0 saturated heterocycles. The van der Waals surface area contributed by atoms with Gasteiger partial charge >= 0.3 is 6.18 Å². The average Bonchev–Trinajstić information content (AvgIpc) is 3.13. The predicted molar refractivity (Wildman–Crippen MR) is 120 cm³/mol. The van der Waals surface area contributed by atoms with E-state index in [1.165, 1.54) is 0 Å². The molecule has 29 heavy (non-hydrogen) atoms. The standard InChI is InChI=1S/C18H22F3N5OS.HI/c1-3-4-15(27)25-13-7-5-12(6-8-13)9-23-17(22-2)24-10-16-26-14(11-28-16)18(19,20)21;/h5-8,11H,3-4,9-10H2,1-2H3,(H,25,27)(H2,22,23,24);1H. The fourth-order valence-electron chi connectivity index (χ4n) is 2.24. The first-order valence-corrected chi connectivity index (χ1v) is 9.54. The topological polar surface area (TPSA) is 78.4 Å². The van der Waals surface area contributed by atoms with Crippen molar-refractivity contribution in [2.75, 3.05) is 12.4 Å². The molecule has 1 aromatic carbocycles. The third kappa shape index (κ3) is 8.56. The summed E-state index contributed by atoms with van der Waals surface area (Å²) in [7, 11) is 1.57. The van der Waals surface area contributed by atoms with Crippen molar-refractivity contribution in [3.05, 3.63) is 45.9 Å². The summed E-state index contributed by atoms with van der Waals surface area (Å²) in [5, 5.41) is 10.1. The molecule has 6 nitrogen and oxygen atoms in total. The van der Waals surface area contributed by atoms with E-state index in [2.05, 4.69) is 25.9 Å². The van der Waals surface area contributed by atoms with E-state index in [-0.39, 0.29) is 36.4 Å². The van der Waals surface area contributed by atoms with Gasteiger partial charge < -0.3 is 16.0 Å². The van der Waals surface area contributed by atoms with Gasteiger partial charge in [0.25, 0.3) is 0 Å². The molecule has 0 saturated carbocycles. The van der Waals surface area contributed by atoms with E-state index in [9.17, 15) is 18.0 Å². The van der Waals surface area contributed by atoms with Crippen molar-refractivity contribution in [1.29, 1.82) is 0 Å². The van der Waals surface area contributed by atoms with Crippen LogP contribution in [0, 0.1) is 0 Å². The summed E-state index contributed by atoms with van der Waals surface area (Å²) in [5.74, 6) is 0.429. The highest BCUT2D eigenvalue weighted by Crippen LogP contribution is 2.29. The van der Waals surface area contributed by atoms with Crippen LogP contribution < -0.4 is 16.0 Å². The molecule has 0 aliphatic heterocycles. The molecule has 1 aromatic heterocycles. The molecular formula is C18H23F3IN5OS. The first kappa shape index (κ1) is 25.1. The van der Waals surface area contributed by atoms with E-state index >= 15 is 0 Å². The lowest BCUT2D eigenvalue weighted by Crippen LogP contribution is -2.36. The first-order chi connectivity index (χ1) is 13.3. The Hall–Kier alpha value is -1.89. The maximum Gasteiger partial charge on any atom is 0.434 e. The Morgan fingerprint density at radius 3 is 2.38 bits per heavy atom. The molecule has 0 radical (unpaired) electrons. The summed E-state index contributed by atoms with van der Waals surface area (Å²) in [6.45, 7) is 2.55. The number of nitrogens with one attached hydrogen (secondary N) is 3. The number of carbonyl (C=O) groups excluding carboxylic acids is 1. The van der Waals surface area contributed by atoms with Crippen LogP contribution in [0.4, 0.5) is 18.9 Å². The Labute approximate surface area is 188 Å². The number of aromatic nitrogens is 1. The molecule has 11 heteroatoms. The summed E-state index contributed by atoms with van der Waals surface area (Å²) in [4.78, 5) is 19.2. The molecule has 1 amide bonds. The van der Waals surface area contributed by atoms with E-state index in [1.54, 1.807) is 7.05 Å². The highest BCUT2D eigenvalue weighted by Gasteiger charge is 2.33. The van der Waals surface area contributed by atoms with Gasteiger partial charge in [0.1, 0.15) is 5.01 Å². The summed E-state index contributed by atoms with van der Waals surface area (Å²) < 4.78 is 37.7. The van der Waals surface area contributed by atoms with Crippen molar-refractivity contribution in [2.45, 2.75) is 39.0 Å². The van der Waals surface area contributed by atoms with Gasteiger partial charge in [0.05, 0.1) is 6.54 Å². The minimum atomic E-state index is -4.43. The number of anilines is 1. The van der Waals surface area contributed by atoms with Crippen molar-refractivity contribution in [3.63, 3.8) is 0 Å². The van der Waals surface area contributed by atoms with Gasteiger partial charge in [0.15, 0.2) is 11.7 Å². The van der Waals surface area contributed by atoms with Crippen molar-refractivity contribution in [1.82, 2.24) is 15.6 Å². The smallest absolute Gasteiger partial charge is 0.352 e. The highest BCUT2D eigenvalue weighted by atomic mass is 127. The Morgan fingerprint density at radius 2 is 1.83 bits per heavy atom. The van der Waals surface area contributed by atoms with Crippen LogP contribution in [-0.2, 0) is 24.1 Å². The third-order valence-electron chi connectivity index (χ3n) is 3.65. The molecule has 3 N–H and O–H groups in total. The zero-order chi connectivity index (χ0) is 20.6. The van der Waals surface area contributed by atoms with Crippen LogP contribution in [0.1, 0.15) is 36.0 Å². The predicted octanol–water partition coefficient (Wildman–Crippen LogP) is 4.38. The minimum Gasteiger partial charge on any atom is -0.352 e. The maximum atomic E-state index is 12.6. The summed E-state index contributed by atoms with van der Waals surface area (Å²) >= 11 is 0.942. The molecule has 0 unspecified atom stereocenters. The van der Waals surface area contributed by atoms with Crippen molar-refractivity contribution in [3.8, 4) is 0 Å². The quantitative estimate of drug-likeness (QED) is 0.276. The Bertz CT molecular complexity index is 809. The van der Waals surface area contributed by atoms with Crippen LogP contribution in [0.15, 0.2) is 34.6 Å². The van der Waals surface area contributed by atoms with Gasteiger partial charge in [-0.15, -0.1) is 35.3 Å². The number of nitrogens with zero attached hydrogens (tertiary/aromatic N) is 2. The highest BCUT2D eigenvalue weighted by molar-refractivity contribution is 14.0. The van der Waals surface area contributed by atoms with Crippen LogP contribution in [-0.4, -0.2) is 23.9 Å². The number of rotatable bonds is 7. The maximum absolute atomic E-state index is 12.6. The minimum absolute atomic E-state index is 0. The van der Waals surface area contributed by atoms with Crippen LogP contribution in [0.2, 0.25) is 0 Å². The van der Waals surface area contributed by atoms with Gasteiger partial charge in [-0.1, -0.05) is 19.1 Å². The second-order valence-electron chi connectivity index (χ2n) is 5.90. The lowest BCUT2D eigenvalue weighted by molar-refractivity contribution is -0.140. The molecule has 2 rings (SSSR count). The van der Waals surface area contributed by atoms with Crippen molar-refractivity contribution in [2.24, 2.45) is 4.99 Å². The van der Waals surface area contributed by atoms with Gasteiger partial charge in [-0.2, -0.15) is 13.2 Å². The van der Waals surface area contributed by atoms with Crippen molar-refractivity contribution < 1.29 is 18.0 Å². The van der Waals surface area contributed by atoms with Crippen molar-refractivity contribution >= 4 is 52.9 Å². The fourth-order valence-corrected chi connectivity index (χ4v) is 2.99. The monoisotopic (exact) mass is 541 g/mol. The largest absolute Gasteiger partial charge is 0.434 e. The van der Waals surface area contributed by atoms with E-state index in [0.29, 0.717) is 23.9 Å². The Morgan fingerprint density at radius 1 is 1.17 bits per heavy atom. The van der Waals surface area contributed by atoms with Gasteiger partial charge in [-0.25, -0.2) is 4.98 Å². The Balaban J connectivity index is 0.00000420. The zero-order valence-electron chi connectivity index (χ0n) is 16.0. The van der Waals surface area contributed by atoms with Crippen LogP contribution in [0.25, 0.3) is 0 Å². The van der Waals surface area contributed by atoms with E-state index in [0.717, 1.165) is 34.4 Å². The number of hydrogen-bond donors (Lipinski definition) is 3. The fraction of sp³-hybridized carbons (Fsp3) is 0.389. The molecular weight excluding hydrogens is 518 g/mol. The number of guanidine groups is 1. The number of amides is 1. The van der Waals surface area contributed by atoms with E-state index in [4.69, 9.17) is 0 Å². The molecule has 0 aliphatic carbocycles. The molecule has 0 aliphatic rings. The summed E-state index contributed by atoms with van der Waals surface area (Å²) in [6.07, 6.45) is -3.16. The second-order valence-corrected chi connectivity index (χ2v) is 6.84. The third-order valence-corrected chi connectivity index (χ3v) is 4.50. The number of hydrogen-bond acceptors (Lipinski definition) is 4. The van der Waals surface area contributed by atoms with Gasteiger partial charge in [0.2, 0.25) is 5.91 Å². The number of halogens is 4. The van der Waals surface area contributed by atoms with Crippen LogP contribution in [0.3, 0.4) is 0 Å². The van der Waals surface area contributed by atoms with Crippen LogP contribution in [0.5, 0.6) is 0 Å². The normalized spacial score (nSPS) is 11.6. The SMILES string of the molecule is CCCC(=O)Nc1ccc(CNC(=NC)NCc2nc(C(F)(F)F)cs2)cc1.I. The average molecular weight is 541 g/mol. The van der Waals surface area contributed by atoms with E-state index in [1.807, 2.05) is 31.2 Å². The Kier molecular flexibility index (Phi) is 10.4. The van der Waals surface area contributed by atoms with Gasteiger partial charge in [0, 0.05) is 31.1 Å². The number of benzene rings is 1. The first-order valence-electron chi connectivity index (χ1n) is 8.66. The number of alkyl halides is 3.